The molecule has 12 heavy (non-hydrogen) atoms. The molecular weight excluding hydrogens is 154 g/mol. The zero-order valence-corrected chi connectivity index (χ0v) is 7.58. The van der Waals surface area contributed by atoms with E-state index in [2.05, 4.69) is 4.90 Å². The summed E-state index contributed by atoms with van der Waals surface area (Å²) in [6, 6.07) is -0.0449. The van der Waals surface area contributed by atoms with E-state index in [9.17, 15) is 4.79 Å². The third-order valence-corrected chi connectivity index (χ3v) is 2.28. The molecule has 0 unspecified atom stereocenters. The number of rotatable bonds is 3. The van der Waals surface area contributed by atoms with Gasteiger partial charge in [-0.2, -0.15) is 0 Å². The Morgan fingerprint density at radius 3 is 3.33 bits per heavy atom. The lowest BCUT2D eigenvalue weighted by Crippen LogP contribution is -2.37. The highest BCUT2D eigenvalue weighted by atomic mass is 16.5. The van der Waals surface area contributed by atoms with Crippen LogP contribution in [0.25, 0.3) is 0 Å². The predicted molar refractivity (Wildman–Crippen MR) is 46.9 cm³/mol. The normalized spacial score (nSPS) is 25.4. The maximum Gasteiger partial charge on any atom is 0.323 e. The van der Waals surface area contributed by atoms with Crippen LogP contribution in [0.5, 0.6) is 0 Å². The number of methoxy groups -OCH3 is 1. The van der Waals surface area contributed by atoms with Crippen LogP contribution in [-0.4, -0.2) is 37.1 Å². The van der Waals surface area contributed by atoms with Gasteiger partial charge in [-0.15, -0.1) is 0 Å². The second-order valence-electron chi connectivity index (χ2n) is 3.07. The molecule has 0 aromatic rings. The first-order valence-corrected chi connectivity index (χ1v) is 4.40. The number of hydrogen-bond acceptors (Lipinski definition) is 3. The molecule has 3 nitrogen and oxygen atoms in total. The molecular formula is C9H17NO2. The van der Waals surface area contributed by atoms with Crippen LogP contribution in [0.2, 0.25) is 0 Å². The van der Waals surface area contributed by atoms with Gasteiger partial charge in [0.2, 0.25) is 0 Å². The summed E-state index contributed by atoms with van der Waals surface area (Å²) < 4.78 is 11.8. The lowest BCUT2D eigenvalue weighted by molar-refractivity contribution is -0.145. The fourth-order valence-electron chi connectivity index (χ4n) is 1.70. The quantitative estimate of drug-likeness (QED) is 0.596. The maximum atomic E-state index is 11.3. The van der Waals surface area contributed by atoms with E-state index < -0.39 is 0 Å². The van der Waals surface area contributed by atoms with Gasteiger partial charge in [0.15, 0.2) is 0 Å². The molecule has 0 bridgehead atoms. The minimum Gasteiger partial charge on any atom is -0.468 e. The van der Waals surface area contributed by atoms with E-state index in [-0.39, 0.29) is 12.0 Å². The number of ether oxygens (including phenoxy) is 1. The molecule has 1 aliphatic rings. The first kappa shape index (κ1) is 8.05. The highest BCUT2D eigenvalue weighted by Crippen LogP contribution is 2.17. The molecule has 1 aliphatic heterocycles. The standard InChI is InChI=1S/C9H17NO2/c1-3-6-10-7-4-5-8(10)9(11)12-2/h8H,3-7H2,1-2H3/t8-/m0/s1/i1D. The maximum absolute atomic E-state index is 11.3. The largest absolute Gasteiger partial charge is 0.468 e. The smallest absolute Gasteiger partial charge is 0.323 e. The Hall–Kier alpha value is -0.570. The Morgan fingerprint density at radius 2 is 2.67 bits per heavy atom. The molecule has 1 saturated heterocycles. The van der Waals surface area contributed by atoms with Crippen molar-refractivity contribution in [1.29, 1.82) is 0 Å². The van der Waals surface area contributed by atoms with Gasteiger partial charge >= 0.3 is 5.97 Å². The molecule has 0 radical (unpaired) electrons. The number of nitrogens with zero attached hydrogens (tertiary/aromatic N) is 1. The monoisotopic (exact) mass is 172 g/mol. The number of hydrogen-bond donors (Lipinski definition) is 0. The Bertz CT molecular complexity index is 175. The van der Waals surface area contributed by atoms with Crippen molar-refractivity contribution in [1.82, 2.24) is 4.90 Å². The minimum atomic E-state index is -0.123. The highest BCUT2D eigenvalue weighted by molar-refractivity contribution is 5.75. The fraction of sp³-hybridized carbons (Fsp3) is 0.889. The summed E-state index contributed by atoms with van der Waals surface area (Å²) in [5, 5.41) is 0. The first-order valence-electron chi connectivity index (χ1n) is 5.11. The third kappa shape index (κ3) is 1.97. The van der Waals surface area contributed by atoms with Gasteiger partial charge in [-0.1, -0.05) is 6.90 Å². The number of likely N-dealkylation sites (tertiary alicyclic amines) is 1. The molecule has 0 aromatic heterocycles. The van der Waals surface area contributed by atoms with Gasteiger partial charge in [0.05, 0.1) is 7.11 Å². The van der Waals surface area contributed by atoms with Crippen molar-refractivity contribution < 1.29 is 10.9 Å². The van der Waals surface area contributed by atoms with E-state index in [1.165, 1.54) is 7.11 Å². The predicted octanol–water partition coefficient (Wildman–Crippen LogP) is 1.03. The number of esters is 1. The van der Waals surface area contributed by atoms with E-state index in [0.29, 0.717) is 6.90 Å². The zero-order chi connectivity index (χ0) is 9.68. The van der Waals surface area contributed by atoms with Gasteiger partial charge in [0.1, 0.15) is 6.04 Å². The molecule has 70 valence electrons. The van der Waals surface area contributed by atoms with E-state index in [1.807, 2.05) is 0 Å². The fourth-order valence-corrected chi connectivity index (χ4v) is 1.70. The van der Waals surface area contributed by atoms with Crippen molar-refractivity contribution in [2.75, 3.05) is 20.2 Å². The molecule has 0 spiro atoms. The summed E-state index contributed by atoms with van der Waals surface area (Å²) in [7, 11) is 1.43. The Kier molecular flexibility index (Phi) is 2.99. The Labute approximate surface area is 75.1 Å². The third-order valence-electron chi connectivity index (χ3n) is 2.28. The van der Waals surface area contributed by atoms with Crippen molar-refractivity contribution in [2.45, 2.75) is 32.2 Å². The zero-order valence-electron chi connectivity index (χ0n) is 8.58. The van der Waals surface area contributed by atoms with Crippen LogP contribution in [0.3, 0.4) is 0 Å². The van der Waals surface area contributed by atoms with E-state index in [1.54, 1.807) is 0 Å². The van der Waals surface area contributed by atoms with Crippen LogP contribution in [0, 0.1) is 0 Å². The summed E-state index contributed by atoms with van der Waals surface area (Å²) in [6.45, 7) is 2.26. The van der Waals surface area contributed by atoms with Gasteiger partial charge in [-0.3, -0.25) is 9.69 Å². The molecule has 1 fully saturated rings. The summed E-state index contributed by atoms with van der Waals surface area (Å²) in [5.41, 5.74) is 0. The molecule has 0 aromatic carbocycles. The second kappa shape index (κ2) is 4.45. The molecule has 1 atom stereocenters. The first-order chi connectivity index (χ1) is 6.29. The average molecular weight is 172 g/mol. The Balaban J connectivity index is 2.39. The molecule has 1 rings (SSSR count). The molecule has 1 heterocycles. The Morgan fingerprint density at radius 1 is 1.83 bits per heavy atom. The SMILES string of the molecule is [2H]CCCN1CCC[C@H]1C(=O)OC. The van der Waals surface area contributed by atoms with E-state index >= 15 is 0 Å². The van der Waals surface area contributed by atoms with Crippen LogP contribution in [0.15, 0.2) is 0 Å². The number of carbonyl (C=O) groups excluding carboxylic acids is 1. The van der Waals surface area contributed by atoms with Gasteiger partial charge in [-0.05, 0) is 32.4 Å². The van der Waals surface area contributed by atoms with Gasteiger partial charge in [0.25, 0.3) is 0 Å². The van der Waals surface area contributed by atoms with Crippen molar-refractivity contribution in [3.05, 3.63) is 0 Å². The van der Waals surface area contributed by atoms with E-state index in [0.717, 1.165) is 32.4 Å². The lowest BCUT2D eigenvalue weighted by atomic mass is 10.2. The van der Waals surface area contributed by atoms with Crippen molar-refractivity contribution in [3.8, 4) is 0 Å². The summed E-state index contributed by atoms with van der Waals surface area (Å²) >= 11 is 0. The molecule has 0 aliphatic carbocycles. The number of carbonyl (C=O) groups is 1. The summed E-state index contributed by atoms with van der Waals surface area (Å²) in [4.78, 5) is 13.4. The van der Waals surface area contributed by atoms with Gasteiger partial charge in [0, 0.05) is 1.37 Å². The lowest BCUT2D eigenvalue weighted by Gasteiger charge is -2.21. The molecule has 0 N–H and O–H groups in total. The van der Waals surface area contributed by atoms with Crippen molar-refractivity contribution in [2.24, 2.45) is 0 Å². The average Bonchev–Trinajstić information content (AvgIpc) is 2.61. The summed E-state index contributed by atoms with van der Waals surface area (Å²) in [5.74, 6) is -0.123. The highest BCUT2D eigenvalue weighted by Gasteiger charge is 2.30. The molecule has 3 heteroatoms. The summed E-state index contributed by atoms with van der Waals surface area (Å²) in [6.07, 6.45) is 2.82. The van der Waals surface area contributed by atoms with Crippen LogP contribution in [0.4, 0.5) is 0 Å². The van der Waals surface area contributed by atoms with Crippen molar-refractivity contribution in [3.63, 3.8) is 0 Å². The van der Waals surface area contributed by atoms with Crippen LogP contribution in [0.1, 0.15) is 27.5 Å². The van der Waals surface area contributed by atoms with Crippen LogP contribution in [-0.2, 0) is 9.53 Å². The molecule has 0 saturated carbocycles. The van der Waals surface area contributed by atoms with E-state index in [4.69, 9.17) is 6.11 Å². The van der Waals surface area contributed by atoms with Gasteiger partial charge in [-0.25, -0.2) is 0 Å². The second-order valence-corrected chi connectivity index (χ2v) is 3.07. The van der Waals surface area contributed by atoms with Crippen LogP contribution >= 0.6 is 0 Å². The minimum absolute atomic E-state index is 0.0449. The van der Waals surface area contributed by atoms with Crippen molar-refractivity contribution >= 4 is 5.97 Å². The molecule has 0 amide bonds. The van der Waals surface area contributed by atoms with Crippen LogP contribution < -0.4 is 0 Å². The topological polar surface area (TPSA) is 29.5 Å². The van der Waals surface area contributed by atoms with Gasteiger partial charge < -0.3 is 4.74 Å².